The average Bonchev–Trinajstić information content (AvgIpc) is 0.669. The SMILES string of the molecule is CC(C)c1cccc(C(C)C)c1N1C(=O)c2cc(Oc3ccc(C(C)(C)CC(C)(C)C)cc3)c3c4c(Oc5ccc(C(C)(C)CC(C)(C)C)cc5)cc5c6c(cc(Oc7ccc(C(C)(C)CC(C)(C)C)cc7)c(c7c(Oc8ccc(C(C)(C)CC(C)(C)C)cc8)cc(c2c37)C1=O)c64)C(=O)N(c1c(C(C)C)cccc1C(C)C)C5=O. The van der Waals surface area contributed by atoms with Crippen molar-refractivity contribution in [2.75, 3.05) is 9.80 Å². The minimum atomic E-state index is -0.530. The van der Waals surface area contributed by atoms with Crippen LogP contribution in [0.3, 0.4) is 0 Å². The summed E-state index contributed by atoms with van der Waals surface area (Å²) in [6.45, 7) is 62.1. The monoisotopic (exact) mass is 1530 g/mol. The number of carbonyl (C=O) groups is 4. The van der Waals surface area contributed by atoms with Crippen LogP contribution in [-0.2, 0) is 21.7 Å². The van der Waals surface area contributed by atoms with E-state index in [9.17, 15) is 0 Å². The molecule has 11 aromatic rings. The first kappa shape index (κ1) is 82.2. The number of imide groups is 2. The summed E-state index contributed by atoms with van der Waals surface area (Å²) in [7, 11) is 0. The number of amides is 4. The Balaban J connectivity index is 1.24. The van der Waals surface area contributed by atoms with Gasteiger partial charge in [-0.25, -0.2) is 9.80 Å². The fourth-order valence-electron chi connectivity index (χ4n) is 19.9. The molecule has 0 bridgehead atoms. The molecule has 2 aliphatic heterocycles. The summed E-state index contributed by atoms with van der Waals surface area (Å²) in [6, 6.07) is 52.2. The second kappa shape index (κ2) is 29.2. The normalized spacial score (nSPS) is 14.3. The van der Waals surface area contributed by atoms with E-state index in [0.29, 0.717) is 77.5 Å². The smallest absolute Gasteiger partial charge is 0.266 e. The molecule has 0 atom stereocenters. The lowest BCUT2D eigenvalue weighted by atomic mass is 9.72. The Kier molecular flexibility index (Phi) is 21.0. The standard InChI is InChI=1S/C104H122N2O8/c1-59(2)71-31-29-32-72(60(3)4)91(71)105-93(107)75-51-79(111-67-43-35-63(36-44-67)101(21,22)55-97(9,10)11)85-87-81(113-69-47-39-65(40-48-69)103(25,26)57-99(15,16)17)53-77-84-78(96(110)106(95(77)109)92-73(61(5)6)33-30-34-74(92)62(7)8)54-82(114-70-49-41-66(42-50-70)104(27,28)58-100(18,19)20)88(90(84)87)86-80(52-76(94(105)108)83(75)89(85)86)112-68-45-37-64(38-46-68)102(23,24)56-98(12,13)14/h29-54,59-62H,55-58H2,1-28H3. The molecular weight excluding hydrogens is 1410 g/mol. The highest BCUT2D eigenvalue weighted by Crippen LogP contribution is 2.60. The predicted octanol–water partition coefficient (Wildman–Crippen LogP) is 29.9. The summed E-state index contributed by atoms with van der Waals surface area (Å²) in [6.07, 6.45) is 3.65. The van der Waals surface area contributed by atoms with E-state index in [-0.39, 0.29) is 112 Å². The van der Waals surface area contributed by atoms with Crippen molar-refractivity contribution in [3.8, 4) is 46.0 Å². The number of hydrogen-bond acceptors (Lipinski definition) is 8. The van der Waals surface area contributed by atoms with Crippen LogP contribution in [0, 0.1) is 21.7 Å². The zero-order valence-corrected chi connectivity index (χ0v) is 73.3. The van der Waals surface area contributed by atoms with Crippen molar-refractivity contribution >= 4 is 78.1 Å². The molecule has 0 radical (unpaired) electrons. The van der Waals surface area contributed by atoms with Crippen molar-refractivity contribution in [1.82, 2.24) is 0 Å². The van der Waals surface area contributed by atoms with E-state index in [4.69, 9.17) is 18.9 Å². The molecule has 10 heteroatoms. The maximum Gasteiger partial charge on any atom is 0.266 e. The number of benzene rings is 11. The van der Waals surface area contributed by atoms with Crippen LogP contribution in [0.5, 0.6) is 46.0 Å². The minimum absolute atomic E-state index is 0.0245. The Morgan fingerprint density at radius 1 is 0.254 bits per heavy atom. The highest BCUT2D eigenvalue weighted by molar-refractivity contribution is 6.48. The molecule has 2 heterocycles. The molecule has 114 heavy (non-hydrogen) atoms. The van der Waals surface area contributed by atoms with Gasteiger partial charge in [0.15, 0.2) is 0 Å². The largest absolute Gasteiger partial charge is 0.457 e. The number of nitrogens with zero attached hydrogens (tertiary/aromatic N) is 2. The highest BCUT2D eigenvalue weighted by atomic mass is 16.5. The van der Waals surface area contributed by atoms with E-state index >= 15 is 19.2 Å². The van der Waals surface area contributed by atoms with Gasteiger partial charge in [-0.1, -0.05) is 279 Å². The van der Waals surface area contributed by atoms with Crippen molar-refractivity contribution in [2.24, 2.45) is 21.7 Å². The lowest BCUT2D eigenvalue weighted by Crippen LogP contribution is -2.42. The molecule has 0 saturated heterocycles. The molecule has 0 aliphatic carbocycles. The van der Waals surface area contributed by atoms with Gasteiger partial charge in [0.25, 0.3) is 23.6 Å². The van der Waals surface area contributed by atoms with Crippen molar-refractivity contribution in [1.29, 1.82) is 0 Å². The topological polar surface area (TPSA) is 112 Å². The Labute approximate surface area is 679 Å². The van der Waals surface area contributed by atoms with E-state index in [2.05, 4.69) is 242 Å². The van der Waals surface area contributed by atoms with Gasteiger partial charge in [-0.2, -0.15) is 0 Å². The van der Waals surface area contributed by atoms with Crippen LogP contribution in [0.2, 0.25) is 0 Å². The lowest BCUT2D eigenvalue weighted by Gasteiger charge is -2.35. The molecule has 10 nitrogen and oxygen atoms in total. The number of fused-ring (bicyclic) bond motifs is 2. The van der Waals surface area contributed by atoms with E-state index in [1.807, 2.05) is 84.9 Å². The zero-order valence-electron chi connectivity index (χ0n) is 73.3. The maximum atomic E-state index is 16.9. The summed E-state index contributed by atoms with van der Waals surface area (Å²) in [5.41, 5.74) is 9.06. The van der Waals surface area contributed by atoms with E-state index in [1.165, 1.54) is 9.80 Å². The third kappa shape index (κ3) is 15.7. The fraction of sp³-hybridized carbons (Fsp3) is 0.423. The first-order chi connectivity index (χ1) is 52.9. The van der Waals surface area contributed by atoms with Crippen LogP contribution < -0.4 is 28.7 Å². The van der Waals surface area contributed by atoms with Crippen molar-refractivity contribution in [3.63, 3.8) is 0 Å². The molecule has 2 aliphatic rings. The van der Waals surface area contributed by atoms with Crippen LogP contribution in [-0.4, -0.2) is 23.6 Å². The van der Waals surface area contributed by atoms with Gasteiger partial charge in [0.05, 0.1) is 33.6 Å². The summed E-state index contributed by atoms with van der Waals surface area (Å²) in [5, 5.41) is 3.45. The Morgan fingerprint density at radius 2 is 0.439 bits per heavy atom. The van der Waals surface area contributed by atoms with Crippen LogP contribution >= 0.6 is 0 Å². The van der Waals surface area contributed by atoms with E-state index < -0.39 is 23.6 Å². The molecule has 0 fully saturated rings. The third-order valence-corrected chi connectivity index (χ3v) is 23.4. The average molecular weight is 1530 g/mol. The van der Waals surface area contributed by atoms with Crippen LogP contribution in [0.25, 0.3) is 43.1 Å². The maximum absolute atomic E-state index is 16.9. The van der Waals surface area contributed by atoms with Crippen molar-refractivity contribution < 1.29 is 38.1 Å². The van der Waals surface area contributed by atoms with Gasteiger partial charge in [-0.05, 0) is 210 Å². The first-order valence-electron chi connectivity index (χ1n) is 41.5. The molecule has 13 rings (SSSR count). The number of anilines is 2. The summed E-state index contributed by atoms with van der Waals surface area (Å²) in [4.78, 5) is 70.5. The van der Waals surface area contributed by atoms with Gasteiger partial charge in [-0.15, -0.1) is 0 Å². The Bertz CT molecular complexity index is 4920. The van der Waals surface area contributed by atoms with E-state index in [1.54, 1.807) is 24.3 Å². The second-order valence-corrected chi connectivity index (χ2v) is 41.8. The molecule has 0 N–H and O–H groups in total. The first-order valence-corrected chi connectivity index (χ1v) is 41.5. The molecular formula is C104H122N2O8. The van der Waals surface area contributed by atoms with Crippen LogP contribution in [0.1, 0.15) is 329 Å². The van der Waals surface area contributed by atoms with Gasteiger partial charge in [0.1, 0.15) is 46.0 Å². The number of carbonyl (C=O) groups excluding carboxylic acids is 4. The number of hydrogen-bond donors (Lipinski definition) is 0. The van der Waals surface area contributed by atoms with Gasteiger partial charge >= 0.3 is 0 Å². The zero-order chi connectivity index (χ0) is 83.1. The predicted molar refractivity (Wildman–Crippen MR) is 474 cm³/mol. The third-order valence-electron chi connectivity index (χ3n) is 23.4. The van der Waals surface area contributed by atoms with E-state index in [0.717, 1.165) is 70.2 Å². The molecule has 0 aromatic heterocycles. The molecule has 0 spiro atoms. The van der Waals surface area contributed by atoms with Crippen molar-refractivity contribution in [3.05, 3.63) is 224 Å². The molecule has 4 amide bonds. The van der Waals surface area contributed by atoms with Gasteiger partial charge in [0.2, 0.25) is 0 Å². The molecule has 0 saturated carbocycles. The molecule has 596 valence electrons. The number of rotatable bonds is 22. The van der Waals surface area contributed by atoms with Crippen molar-refractivity contribution in [2.45, 2.75) is 265 Å². The summed E-state index contributed by atoms with van der Waals surface area (Å²) in [5.74, 6) is 0.447. The minimum Gasteiger partial charge on any atom is -0.457 e. The lowest BCUT2D eigenvalue weighted by molar-refractivity contribution is 0.0877. The molecule has 11 aromatic carbocycles. The fourth-order valence-corrected chi connectivity index (χ4v) is 19.9. The summed E-state index contributed by atoms with van der Waals surface area (Å²) >= 11 is 0. The number of para-hydroxylation sites is 2. The Hall–Kier alpha value is -9.80. The number of ether oxygens (including phenoxy) is 4. The molecule has 0 unspecified atom stereocenters. The highest BCUT2D eigenvalue weighted by Gasteiger charge is 2.45. The quantitative estimate of drug-likeness (QED) is 0.0375. The summed E-state index contributed by atoms with van der Waals surface area (Å²) < 4.78 is 30.6. The van der Waals surface area contributed by atoms with Gasteiger partial charge < -0.3 is 18.9 Å². The van der Waals surface area contributed by atoms with Gasteiger partial charge in [-0.3, -0.25) is 19.2 Å². The van der Waals surface area contributed by atoms with Gasteiger partial charge in [0, 0.05) is 43.1 Å². The Morgan fingerprint density at radius 3 is 0.605 bits per heavy atom. The van der Waals surface area contributed by atoms with Crippen LogP contribution in [0.15, 0.2) is 158 Å². The van der Waals surface area contributed by atoms with Crippen LogP contribution in [0.4, 0.5) is 11.4 Å². The second-order valence-electron chi connectivity index (χ2n) is 41.8.